The normalized spacial score (nSPS) is 11.6. The fourth-order valence-corrected chi connectivity index (χ4v) is 3.16. The molecule has 0 saturated carbocycles. The molecular formula is C14H20ClNO4S. The second-order valence-corrected chi connectivity index (χ2v) is 6.99. The van der Waals surface area contributed by atoms with Gasteiger partial charge in [-0.05, 0) is 37.7 Å². The molecule has 0 unspecified atom stereocenters. The average molecular weight is 334 g/mol. The van der Waals surface area contributed by atoms with Crippen LogP contribution in [0.3, 0.4) is 0 Å². The number of carbonyl (C=O) groups is 1. The Morgan fingerprint density at radius 2 is 1.86 bits per heavy atom. The third-order valence-electron chi connectivity index (χ3n) is 2.95. The van der Waals surface area contributed by atoms with Gasteiger partial charge in [-0.15, -0.1) is 0 Å². The standard InChI is InChI=1S/C14H20ClNO4S/c1-3-16(11-14(17)20-4-2)9-10-21(18,19)13-7-5-12(15)6-8-13/h5-8H,3-4,9-11H2,1-2H3. The van der Waals surface area contributed by atoms with E-state index in [1.807, 2.05) is 6.92 Å². The minimum absolute atomic E-state index is 0.0537. The summed E-state index contributed by atoms with van der Waals surface area (Å²) in [7, 11) is -3.38. The predicted octanol–water partition coefficient (Wildman–Crippen LogP) is 2.00. The van der Waals surface area contributed by atoms with Crippen molar-refractivity contribution in [2.45, 2.75) is 18.7 Å². The summed E-state index contributed by atoms with van der Waals surface area (Å²) in [6.45, 7) is 4.88. The third kappa shape index (κ3) is 6.03. The number of rotatable bonds is 8. The number of halogens is 1. The van der Waals surface area contributed by atoms with Gasteiger partial charge in [0.1, 0.15) is 0 Å². The summed E-state index contributed by atoms with van der Waals surface area (Å²) in [5.41, 5.74) is 0. The van der Waals surface area contributed by atoms with Crippen LogP contribution in [0.4, 0.5) is 0 Å². The highest BCUT2D eigenvalue weighted by Crippen LogP contribution is 2.15. The maximum absolute atomic E-state index is 12.2. The van der Waals surface area contributed by atoms with E-state index in [1.165, 1.54) is 12.1 Å². The van der Waals surface area contributed by atoms with Gasteiger partial charge in [0.05, 0.1) is 23.8 Å². The molecule has 5 nitrogen and oxygen atoms in total. The van der Waals surface area contributed by atoms with Gasteiger partial charge in [-0.1, -0.05) is 18.5 Å². The SMILES string of the molecule is CCOC(=O)CN(CC)CCS(=O)(=O)c1ccc(Cl)cc1. The van der Waals surface area contributed by atoms with Crippen molar-refractivity contribution in [2.24, 2.45) is 0 Å². The van der Waals surface area contributed by atoms with Crippen molar-refractivity contribution >= 4 is 27.4 Å². The van der Waals surface area contributed by atoms with Gasteiger partial charge in [-0.2, -0.15) is 0 Å². The summed E-state index contributed by atoms with van der Waals surface area (Å²) in [4.78, 5) is 13.4. The fraction of sp³-hybridized carbons (Fsp3) is 0.500. The maximum atomic E-state index is 12.2. The summed E-state index contributed by atoms with van der Waals surface area (Å²) < 4.78 is 29.2. The van der Waals surface area contributed by atoms with E-state index in [-0.39, 0.29) is 29.7 Å². The van der Waals surface area contributed by atoms with Crippen LogP contribution in [0.1, 0.15) is 13.8 Å². The highest BCUT2D eigenvalue weighted by Gasteiger charge is 2.17. The van der Waals surface area contributed by atoms with Crippen LogP contribution in [0.5, 0.6) is 0 Å². The summed E-state index contributed by atoms with van der Waals surface area (Å²) in [6.07, 6.45) is 0. The molecule has 0 fully saturated rings. The Hall–Kier alpha value is -1.11. The number of ether oxygens (including phenoxy) is 1. The Labute approximate surface area is 130 Å². The van der Waals surface area contributed by atoms with E-state index in [0.29, 0.717) is 18.2 Å². The van der Waals surface area contributed by atoms with Gasteiger partial charge in [0, 0.05) is 11.6 Å². The van der Waals surface area contributed by atoms with Crippen LogP contribution in [0.2, 0.25) is 5.02 Å². The van der Waals surface area contributed by atoms with Crippen molar-refractivity contribution in [1.29, 1.82) is 0 Å². The minimum atomic E-state index is -3.38. The lowest BCUT2D eigenvalue weighted by Crippen LogP contribution is -2.34. The molecule has 0 bridgehead atoms. The lowest BCUT2D eigenvalue weighted by atomic mass is 10.4. The van der Waals surface area contributed by atoms with E-state index < -0.39 is 9.84 Å². The number of likely N-dealkylation sites (N-methyl/N-ethyl adjacent to an activating group) is 1. The first-order chi connectivity index (χ1) is 9.89. The first-order valence-corrected chi connectivity index (χ1v) is 8.78. The van der Waals surface area contributed by atoms with E-state index in [0.717, 1.165) is 0 Å². The molecule has 0 N–H and O–H groups in total. The first kappa shape index (κ1) is 17.9. The maximum Gasteiger partial charge on any atom is 0.320 e. The molecule has 0 aliphatic carbocycles. The molecule has 0 amide bonds. The number of carbonyl (C=O) groups excluding carboxylic acids is 1. The molecule has 0 atom stereocenters. The zero-order valence-electron chi connectivity index (χ0n) is 12.2. The van der Waals surface area contributed by atoms with Gasteiger partial charge in [0.25, 0.3) is 0 Å². The largest absolute Gasteiger partial charge is 0.465 e. The quantitative estimate of drug-likeness (QED) is 0.681. The molecule has 0 heterocycles. The smallest absolute Gasteiger partial charge is 0.320 e. The van der Waals surface area contributed by atoms with E-state index in [4.69, 9.17) is 16.3 Å². The van der Waals surface area contributed by atoms with Crippen LogP contribution in [0, 0.1) is 0 Å². The van der Waals surface area contributed by atoms with Crippen LogP contribution in [-0.2, 0) is 19.4 Å². The molecule has 0 aliphatic rings. The summed E-state index contributed by atoms with van der Waals surface area (Å²) in [6, 6.07) is 6.06. The molecule has 0 spiro atoms. The Balaban J connectivity index is 2.62. The Morgan fingerprint density at radius 1 is 1.24 bits per heavy atom. The highest BCUT2D eigenvalue weighted by atomic mass is 35.5. The number of benzene rings is 1. The molecule has 1 aromatic rings. The van der Waals surface area contributed by atoms with Gasteiger partial charge in [0.15, 0.2) is 9.84 Å². The third-order valence-corrected chi connectivity index (χ3v) is 4.92. The van der Waals surface area contributed by atoms with Crippen LogP contribution < -0.4 is 0 Å². The van der Waals surface area contributed by atoms with Crippen LogP contribution in [-0.4, -0.2) is 51.3 Å². The van der Waals surface area contributed by atoms with Gasteiger partial charge >= 0.3 is 5.97 Å². The summed E-state index contributed by atoms with van der Waals surface area (Å²) in [5.74, 6) is -0.398. The number of esters is 1. The second kappa shape index (κ2) is 8.36. The molecular weight excluding hydrogens is 314 g/mol. The molecule has 0 aliphatic heterocycles. The minimum Gasteiger partial charge on any atom is -0.465 e. The number of sulfone groups is 1. The Kier molecular flexibility index (Phi) is 7.14. The lowest BCUT2D eigenvalue weighted by Gasteiger charge is -2.19. The number of nitrogens with zero attached hydrogens (tertiary/aromatic N) is 1. The van der Waals surface area contributed by atoms with Crippen molar-refractivity contribution in [1.82, 2.24) is 4.90 Å². The lowest BCUT2D eigenvalue weighted by molar-refractivity contribution is -0.144. The summed E-state index contributed by atoms with van der Waals surface area (Å²) in [5, 5.41) is 0.492. The van der Waals surface area contributed by atoms with E-state index in [1.54, 1.807) is 24.0 Å². The monoisotopic (exact) mass is 333 g/mol. The number of hydrogen-bond donors (Lipinski definition) is 0. The molecule has 1 aromatic carbocycles. The molecule has 0 saturated heterocycles. The molecule has 1 rings (SSSR count). The van der Waals surface area contributed by atoms with Crippen molar-refractivity contribution in [3.63, 3.8) is 0 Å². The van der Waals surface area contributed by atoms with Crippen molar-refractivity contribution in [3.05, 3.63) is 29.3 Å². The van der Waals surface area contributed by atoms with Crippen LogP contribution in [0.15, 0.2) is 29.2 Å². The second-order valence-electron chi connectivity index (χ2n) is 4.45. The van der Waals surface area contributed by atoms with E-state index >= 15 is 0 Å². The molecule has 7 heteroatoms. The number of hydrogen-bond acceptors (Lipinski definition) is 5. The molecule has 118 valence electrons. The Bertz CT molecular complexity index is 557. The van der Waals surface area contributed by atoms with E-state index in [9.17, 15) is 13.2 Å². The summed E-state index contributed by atoms with van der Waals surface area (Å²) >= 11 is 5.74. The van der Waals surface area contributed by atoms with Gasteiger partial charge in [0.2, 0.25) is 0 Å². The predicted molar refractivity (Wildman–Crippen MR) is 82.3 cm³/mol. The van der Waals surface area contributed by atoms with E-state index in [2.05, 4.69) is 0 Å². The fourth-order valence-electron chi connectivity index (χ4n) is 1.75. The van der Waals surface area contributed by atoms with Crippen molar-refractivity contribution in [3.8, 4) is 0 Å². The first-order valence-electron chi connectivity index (χ1n) is 6.75. The highest BCUT2D eigenvalue weighted by molar-refractivity contribution is 7.91. The molecule has 0 radical (unpaired) electrons. The van der Waals surface area contributed by atoms with Crippen molar-refractivity contribution < 1.29 is 17.9 Å². The van der Waals surface area contributed by atoms with Gasteiger partial charge in [-0.3, -0.25) is 9.69 Å². The zero-order valence-corrected chi connectivity index (χ0v) is 13.8. The zero-order chi connectivity index (χ0) is 15.9. The van der Waals surface area contributed by atoms with Crippen molar-refractivity contribution in [2.75, 3.05) is 32.0 Å². The topological polar surface area (TPSA) is 63.7 Å². The average Bonchev–Trinajstić information content (AvgIpc) is 2.44. The van der Waals surface area contributed by atoms with Gasteiger partial charge in [-0.25, -0.2) is 8.42 Å². The Morgan fingerprint density at radius 3 is 2.38 bits per heavy atom. The molecule has 0 aromatic heterocycles. The van der Waals surface area contributed by atoms with Crippen LogP contribution in [0.25, 0.3) is 0 Å². The molecule has 21 heavy (non-hydrogen) atoms. The van der Waals surface area contributed by atoms with Crippen LogP contribution >= 0.6 is 11.6 Å². The van der Waals surface area contributed by atoms with Gasteiger partial charge < -0.3 is 4.74 Å².